The van der Waals surface area contributed by atoms with E-state index < -0.39 is 0 Å². The molecule has 1 aliphatic rings. The van der Waals surface area contributed by atoms with Crippen LogP contribution in [0.2, 0.25) is 0 Å². The van der Waals surface area contributed by atoms with E-state index in [-0.39, 0.29) is 11.4 Å². The Morgan fingerprint density at radius 1 is 1.33 bits per heavy atom. The monoisotopic (exact) mass is 247 g/mol. The summed E-state index contributed by atoms with van der Waals surface area (Å²) < 4.78 is 5.37. The van der Waals surface area contributed by atoms with Gasteiger partial charge in [-0.3, -0.25) is 4.79 Å². The standard InChI is InChI=1S/C15H21NO2/c1-12-4-6-13(7-5-12)8-9-14(17)16-11-18-10-15(16,2)3/h4-7H,8-11H2,1-3H3. The van der Waals surface area contributed by atoms with Crippen LogP contribution in [-0.2, 0) is 16.0 Å². The van der Waals surface area contributed by atoms with Crippen LogP contribution >= 0.6 is 0 Å². The minimum absolute atomic E-state index is 0.162. The quantitative estimate of drug-likeness (QED) is 0.821. The zero-order valence-electron chi connectivity index (χ0n) is 11.4. The van der Waals surface area contributed by atoms with Gasteiger partial charge in [0.1, 0.15) is 6.73 Å². The van der Waals surface area contributed by atoms with E-state index in [4.69, 9.17) is 4.74 Å². The first-order chi connectivity index (χ1) is 8.49. The van der Waals surface area contributed by atoms with E-state index >= 15 is 0 Å². The van der Waals surface area contributed by atoms with E-state index in [1.165, 1.54) is 11.1 Å². The molecule has 0 unspecified atom stereocenters. The molecule has 1 fully saturated rings. The highest BCUT2D eigenvalue weighted by Crippen LogP contribution is 2.22. The van der Waals surface area contributed by atoms with Crippen LogP contribution in [0.25, 0.3) is 0 Å². The molecule has 3 nitrogen and oxygen atoms in total. The average Bonchev–Trinajstić information content (AvgIpc) is 2.68. The molecule has 1 aliphatic heterocycles. The summed E-state index contributed by atoms with van der Waals surface area (Å²) >= 11 is 0. The highest BCUT2D eigenvalue weighted by molar-refractivity contribution is 5.77. The van der Waals surface area contributed by atoms with Crippen molar-refractivity contribution in [3.8, 4) is 0 Å². The zero-order chi connectivity index (χ0) is 13.2. The Morgan fingerprint density at radius 2 is 2.00 bits per heavy atom. The van der Waals surface area contributed by atoms with E-state index in [1.807, 2.05) is 18.7 Å². The Balaban J connectivity index is 1.90. The number of aryl methyl sites for hydroxylation is 2. The van der Waals surface area contributed by atoms with E-state index in [9.17, 15) is 4.79 Å². The van der Waals surface area contributed by atoms with Gasteiger partial charge in [-0.05, 0) is 32.8 Å². The van der Waals surface area contributed by atoms with Crippen molar-refractivity contribution in [3.63, 3.8) is 0 Å². The van der Waals surface area contributed by atoms with Crippen molar-refractivity contribution in [2.45, 2.75) is 39.2 Å². The first-order valence-electron chi connectivity index (χ1n) is 6.43. The molecule has 1 aromatic carbocycles. The second-order valence-corrected chi connectivity index (χ2v) is 5.60. The maximum Gasteiger partial charge on any atom is 0.225 e. The fourth-order valence-electron chi connectivity index (χ4n) is 2.19. The largest absolute Gasteiger partial charge is 0.359 e. The lowest BCUT2D eigenvalue weighted by atomic mass is 10.0. The highest BCUT2D eigenvalue weighted by atomic mass is 16.5. The second kappa shape index (κ2) is 5.11. The van der Waals surface area contributed by atoms with Crippen molar-refractivity contribution in [3.05, 3.63) is 35.4 Å². The van der Waals surface area contributed by atoms with Crippen molar-refractivity contribution in [2.24, 2.45) is 0 Å². The van der Waals surface area contributed by atoms with Crippen molar-refractivity contribution < 1.29 is 9.53 Å². The van der Waals surface area contributed by atoms with Gasteiger partial charge in [0.15, 0.2) is 0 Å². The van der Waals surface area contributed by atoms with Crippen LogP contribution in [0.15, 0.2) is 24.3 Å². The topological polar surface area (TPSA) is 29.5 Å². The fourth-order valence-corrected chi connectivity index (χ4v) is 2.19. The van der Waals surface area contributed by atoms with Crippen LogP contribution in [0, 0.1) is 6.92 Å². The van der Waals surface area contributed by atoms with Crippen LogP contribution in [0.1, 0.15) is 31.4 Å². The molecule has 1 saturated heterocycles. The predicted molar refractivity (Wildman–Crippen MR) is 71.2 cm³/mol. The second-order valence-electron chi connectivity index (χ2n) is 5.60. The van der Waals surface area contributed by atoms with Gasteiger partial charge in [0.2, 0.25) is 5.91 Å². The molecule has 3 heteroatoms. The molecule has 0 spiro atoms. The number of nitrogens with zero attached hydrogens (tertiary/aromatic N) is 1. The van der Waals surface area contributed by atoms with Crippen molar-refractivity contribution >= 4 is 5.91 Å². The van der Waals surface area contributed by atoms with E-state index in [0.717, 1.165) is 6.42 Å². The molecule has 0 saturated carbocycles. The normalized spacial score (nSPS) is 18.1. The SMILES string of the molecule is Cc1ccc(CCC(=O)N2COCC2(C)C)cc1. The van der Waals surface area contributed by atoms with Gasteiger partial charge >= 0.3 is 0 Å². The number of ether oxygens (including phenoxy) is 1. The molecule has 1 aromatic rings. The Bertz CT molecular complexity index is 423. The molecular formula is C15H21NO2. The maximum atomic E-state index is 12.1. The van der Waals surface area contributed by atoms with Crippen LogP contribution in [0.3, 0.4) is 0 Å². The summed E-state index contributed by atoms with van der Waals surface area (Å²) in [5.41, 5.74) is 2.30. The van der Waals surface area contributed by atoms with Gasteiger partial charge in [0.25, 0.3) is 0 Å². The fraction of sp³-hybridized carbons (Fsp3) is 0.533. The summed E-state index contributed by atoms with van der Waals surface area (Å²) in [5, 5.41) is 0. The Morgan fingerprint density at radius 3 is 2.56 bits per heavy atom. The molecule has 0 atom stereocenters. The summed E-state index contributed by atoms with van der Waals surface area (Å²) in [6, 6.07) is 8.36. The van der Waals surface area contributed by atoms with Gasteiger partial charge in [-0.15, -0.1) is 0 Å². The van der Waals surface area contributed by atoms with E-state index in [0.29, 0.717) is 19.8 Å². The lowest BCUT2D eigenvalue weighted by molar-refractivity contribution is -0.135. The molecule has 0 bridgehead atoms. The highest BCUT2D eigenvalue weighted by Gasteiger charge is 2.35. The van der Waals surface area contributed by atoms with Gasteiger partial charge in [-0.2, -0.15) is 0 Å². The molecule has 2 rings (SSSR count). The first-order valence-corrected chi connectivity index (χ1v) is 6.43. The number of carbonyl (C=O) groups excluding carboxylic acids is 1. The molecule has 0 aliphatic carbocycles. The molecule has 0 N–H and O–H groups in total. The zero-order valence-corrected chi connectivity index (χ0v) is 11.4. The number of hydrogen-bond donors (Lipinski definition) is 0. The van der Waals surface area contributed by atoms with Crippen molar-refractivity contribution in [1.29, 1.82) is 0 Å². The van der Waals surface area contributed by atoms with Gasteiger partial charge < -0.3 is 9.64 Å². The third-order valence-corrected chi connectivity index (χ3v) is 3.46. The van der Waals surface area contributed by atoms with Gasteiger partial charge in [-0.1, -0.05) is 29.8 Å². The molecule has 0 radical (unpaired) electrons. The molecule has 1 heterocycles. The number of rotatable bonds is 3. The van der Waals surface area contributed by atoms with Crippen molar-refractivity contribution in [1.82, 2.24) is 4.90 Å². The predicted octanol–water partition coefficient (Wildman–Crippen LogP) is 2.52. The Hall–Kier alpha value is -1.35. The number of hydrogen-bond acceptors (Lipinski definition) is 2. The molecule has 98 valence electrons. The van der Waals surface area contributed by atoms with Crippen LogP contribution in [-0.4, -0.2) is 29.7 Å². The summed E-state index contributed by atoms with van der Waals surface area (Å²) in [4.78, 5) is 14.0. The minimum atomic E-state index is -0.162. The minimum Gasteiger partial charge on any atom is -0.359 e. The summed E-state index contributed by atoms with van der Waals surface area (Å²) in [6.07, 6.45) is 1.35. The third-order valence-electron chi connectivity index (χ3n) is 3.46. The molecular weight excluding hydrogens is 226 g/mol. The van der Waals surface area contributed by atoms with Gasteiger partial charge in [0, 0.05) is 6.42 Å². The van der Waals surface area contributed by atoms with Crippen LogP contribution in [0.4, 0.5) is 0 Å². The van der Waals surface area contributed by atoms with E-state index in [1.54, 1.807) is 0 Å². The number of benzene rings is 1. The average molecular weight is 247 g/mol. The number of amides is 1. The summed E-state index contributed by atoms with van der Waals surface area (Å²) in [5.74, 6) is 0.179. The molecule has 0 aromatic heterocycles. The summed E-state index contributed by atoms with van der Waals surface area (Å²) in [6.45, 7) is 7.22. The third kappa shape index (κ3) is 2.91. The number of carbonyl (C=O) groups is 1. The van der Waals surface area contributed by atoms with Gasteiger partial charge in [0.05, 0.1) is 12.1 Å². The molecule has 18 heavy (non-hydrogen) atoms. The maximum absolute atomic E-state index is 12.1. The lowest BCUT2D eigenvalue weighted by Crippen LogP contribution is -2.44. The Kier molecular flexibility index (Phi) is 3.71. The van der Waals surface area contributed by atoms with Gasteiger partial charge in [-0.25, -0.2) is 0 Å². The van der Waals surface area contributed by atoms with Crippen molar-refractivity contribution in [2.75, 3.05) is 13.3 Å². The smallest absolute Gasteiger partial charge is 0.225 e. The van der Waals surface area contributed by atoms with Crippen LogP contribution < -0.4 is 0 Å². The first kappa shape index (κ1) is 13.1. The Labute approximate surface area is 109 Å². The molecule has 1 amide bonds. The van der Waals surface area contributed by atoms with E-state index in [2.05, 4.69) is 31.2 Å². The summed E-state index contributed by atoms with van der Waals surface area (Å²) in [7, 11) is 0. The van der Waals surface area contributed by atoms with Crippen LogP contribution in [0.5, 0.6) is 0 Å². The lowest BCUT2D eigenvalue weighted by Gasteiger charge is -2.29.